The first-order valence-corrected chi connectivity index (χ1v) is 6.79. The van der Waals surface area contributed by atoms with Gasteiger partial charge < -0.3 is 24.2 Å². The van der Waals surface area contributed by atoms with Crippen molar-refractivity contribution in [2.45, 2.75) is 0 Å². The lowest BCUT2D eigenvalue weighted by molar-refractivity contribution is -0.140. The number of aromatic carboxylic acids is 1. The van der Waals surface area contributed by atoms with E-state index in [9.17, 15) is 23.2 Å². The van der Waals surface area contributed by atoms with Gasteiger partial charge in [-0.05, 0) is 6.07 Å². The number of halogens is 2. The van der Waals surface area contributed by atoms with Crippen LogP contribution in [0.15, 0.2) is 23.4 Å². The number of benzene rings is 1. The van der Waals surface area contributed by atoms with Gasteiger partial charge in [-0.1, -0.05) is 0 Å². The summed E-state index contributed by atoms with van der Waals surface area (Å²) in [4.78, 5) is 35.9. The first-order valence-electron chi connectivity index (χ1n) is 6.79. The first kappa shape index (κ1) is 18.3. The number of methoxy groups -OCH3 is 2. The quantitative estimate of drug-likeness (QED) is 0.798. The molecule has 1 aromatic rings. The molecule has 8 nitrogen and oxygen atoms in total. The van der Waals surface area contributed by atoms with Crippen LogP contribution >= 0.6 is 0 Å². The van der Waals surface area contributed by atoms with E-state index in [4.69, 9.17) is 9.84 Å². The third-order valence-corrected chi connectivity index (χ3v) is 3.39. The zero-order valence-electron chi connectivity index (χ0n) is 13.2. The van der Waals surface area contributed by atoms with Crippen molar-refractivity contribution in [3.05, 3.63) is 40.6 Å². The minimum absolute atomic E-state index is 0.249. The van der Waals surface area contributed by atoms with E-state index in [2.05, 4.69) is 9.47 Å². The molecular formula is C15H13F2NO7. The smallest absolute Gasteiger partial charge is 0.355 e. The molecule has 25 heavy (non-hydrogen) atoms. The average molecular weight is 357 g/mol. The van der Waals surface area contributed by atoms with Gasteiger partial charge in [-0.3, -0.25) is 0 Å². The Morgan fingerprint density at radius 2 is 1.76 bits per heavy atom. The van der Waals surface area contributed by atoms with Crippen LogP contribution in [-0.2, 0) is 23.8 Å². The van der Waals surface area contributed by atoms with E-state index < -0.39 is 47.5 Å². The van der Waals surface area contributed by atoms with Crippen LogP contribution in [0.3, 0.4) is 0 Å². The maximum absolute atomic E-state index is 14.2. The summed E-state index contributed by atoms with van der Waals surface area (Å²) in [7, 11) is 2.12. The molecule has 0 aliphatic carbocycles. The fourth-order valence-corrected chi connectivity index (χ4v) is 2.24. The number of carboxylic acid groups (broad SMARTS) is 1. The van der Waals surface area contributed by atoms with Gasteiger partial charge in [0.25, 0.3) is 0 Å². The standard InChI is InChI=1S/C15H13F2NO7/c1-23-14(21)8-5-25-6-18(12(8)15(22)24-2)11-3-7(13(19)20)9(16)4-10(11)17/h3-4H,5-6H2,1-2H3,(H,19,20). The second-order valence-electron chi connectivity index (χ2n) is 4.80. The Bertz CT molecular complexity index is 775. The molecule has 0 saturated carbocycles. The van der Waals surface area contributed by atoms with Gasteiger partial charge in [0.05, 0.1) is 37.7 Å². The number of carbonyl (C=O) groups is 3. The molecule has 1 N–H and O–H groups in total. The normalized spacial score (nSPS) is 14.3. The molecule has 0 aromatic heterocycles. The van der Waals surface area contributed by atoms with E-state index in [1.165, 1.54) is 0 Å². The number of hydrogen-bond donors (Lipinski definition) is 1. The summed E-state index contributed by atoms with van der Waals surface area (Å²) in [5, 5.41) is 8.99. The molecule has 0 bridgehead atoms. The molecule has 1 aromatic carbocycles. The largest absolute Gasteiger partial charge is 0.478 e. The van der Waals surface area contributed by atoms with Crippen molar-refractivity contribution >= 4 is 23.6 Å². The van der Waals surface area contributed by atoms with Gasteiger partial charge in [0, 0.05) is 6.07 Å². The molecule has 0 atom stereocenters. The zero-order chi connectivity index (χ0) is 18.7. The Kier molecular flexibility index (Phi) is 5.32. The van der Waals surface area contributed by atoms with Crippen LogP contribution in [0.2, 0.25) is 0 Å². The Morgan fingerprint density at radius 3 is 2.32 bits per heavy atom. The molecule has 10 heteroatoms. The fraction of sp³-hybridized carbons (Fsp3) is 0.267. The van der Waals surface area contributed by atoms with Gasteiger partial charge >= 0.3 is 17.9 Å². The highest BCUT2D eigenvalue weighted by atomic mass is 19.1. The van der Waals surface area contributed by atoms with Crippen LogP contribution < -0.4 is 4.90 Å². The minimum Gasteiger partial charge on any atom is -0.478 e. The summed E-state index contributed by atoms with van der Waals surface area (Å²) < 4.78 is 42.1. The van der Waals surface area contributed by atoms with E-state index in [1.54, 1.807) is 0 Å². The lowest BCUT2D eigenvalue weighted by Crippen LogP contribution is -2.39. The van der Waals surface area contributed by atoms with Crippen molar-refractivity contribution in [3.63, 3.8) is 0 Å². The van der Waals surface area contributed by atoms with Crippen molar-refractivity contribution in [1.82, 2.24) is 0 Å². The van der Waals surface area contributed by atoms with E-state index in [0.717, 1.165) is 19.1 Å². The van der Waals surface area contributed by atoms with Crippen LogP contribution in [0, 0.1) is 11.6 Å². The molecule has 1 aliphatic heterocycles. The molecule has 1 heterocycles. The van der Waals surface area contributed by atoms with Crippen molar-refractivity contribution in [1.29, 1.82) is 0 Å². The Balaban J connectivity index is 2.67. The second-order valence-corrected chi connectivity index (χ2v) is 4.80. The number of rotatable bonds is 4. The molecule has 0 saturated heterocycles. The monoisotopic (exact) mass is 357 g/mol. The molecule has 1 aliphatic rings. The van der Waals surface area contributed by atoms with Gasteiger partial charge in [-0.15, -0.1) is 0 Å². The summed E-state index contributed by atoms with van der Waals surface area (Å²) in [6.45, 7) is -0.700. The van der Waals surface area contributed by atoms with Gasteiger partial charge in [-0.25, -0.2) is 23.2 Å². The number of esters is 2. The number of carbonyl (C=O) groups excluding carboxylic acids is 2. The molecular weight excluding hydrogens is 344 g/mol. The zero-order valence-corrected chi connectivity index (χ0v) is 13.2. The number of ether oxygens (including phenoxy) is 3. The van der Waals surface area contributed by atoms with Gasteiger partial charge in [-0.2, -0.15) is 0 Å². The molecule has 0 unspecified atom stereocenters. The molecule has 0 spiro atoms. The van der Waals surface area contributed by atoms with Gasteiger partial charge in [0.1, 0.15) is 24.1 Å². The van der Waals surface area contributed by atoms with Crippen molar-refractivity contribution < 1.29 is 42.5 Å². The maximum atomic E-state index is 14.2. The summed E-state index contributed by atoms with van der Waals surface area (Å²) in [5.74, 6) is -5.98. The third kappa shape index (κ3) is 3.43. The highest BCUT2D eigenvalue weighted by Crippen LogP contribution is 2.30. The first-order chi connectivity index (χ1) is 11.8. The predicted octanol–water partition coefficient (Wildman–Crippen LogP) is 1.06. The minimum atomic E-state index is -1.63. The summed E-state index contributed by atoms with van der Waals surface area (Å²) in [5.41, 5.74) is -1.92. The Labute approximate surface area is 140 Å². The van der Waals surface area contributed by atoms with Gasteiger partial charge in [0.15, 0.2) is 0 Å². The summed E-state index contributed by atoms with van der Waals surface area (Å²) in [6, 6.07) is 1.06. The van der Waals surface area contributed by atoms with E-state index in [1.807, 2.05) is 0 Å². The topological polar surface area (TPSA) is 102 Å². The molecule has 2 rings (SSSR count). The SMILES string of the molecule is COC(=O)C1=C(C(=O)OC)N(c2cc(C(=O)O)c(F)cc2F)COC1. The van der Waals surface area contributed by atoms with E-state index >= 15 is 0 Å². The lowest BCUT2D eigenvalue weighted by Gasteiger charge is -2.31. The van der Waals surface area contributed by atoms with Crippen molar-refractivity contribution in [3.8, 4) is 0 Å². The Morgan fingerprint density at radius 1 is 1.12 bits per heavy atom. The summed E-state index contributed by atoms with van der Waals surface area (Å²) >= 11 is 0. The number of hydrogen-bond acceptors (Lipinski definition) is 7. The second kappa shape index (κ2) is 7.26. The van der Waals surface area contributed by atoms with Crippen molar-refractivity contribution in [2.24, 2.45) is 0 Å². The number of carboxylic acids is 1. The molecule has 0 amide bonds. The predicted molar refractivity (Wildman–Crippen MR) is 77.7 cm³/mol. The highest BCUT2D eigenvalue weighted by Gasteiger charge is 2.34. The Hall–Kier alpha value is -3.01. The van der Waals surface area contributed by atoms with Crippen LogP contribution in [0.5, 0.6) is 0 Å². The maximum Gasteiger partial charge on any atom is 0.355 e. The fourth-order valence-electron chi connectivity index (χ4n) is 2.24. The van der Waals surface area contributed by atoms with Crippen LogP contribution in [0.25, 0.3) is 0 Å². The molecule has 134 valence electrons. The van der Waals surface area contributed by atoms with Crippen LogP contribution in [-0.4, -0.2) is 50.6 Å². The van der Waals surface area contributed by atoms with E-state index in [-0.39, 0.29) is 17.9 Å². The van der Waals surface area contributed by atoms with Gasteiger partial charge in [0.2, 0.25) is 0 Å². The third-order valence-electron chi connectivity index (χ3n) is 3.39. The van der Waals surface area contributed by atoms with Crippen molar-refractivity contribution in [2.75, 3.05) is 32.5 Å². The highest BCUT2D eigenvalue weighted by molar-refractivity contribution is 6.03. The molecule has 0 radical (unpaired) electrons. The van der Waals surface area contributed by atoms with E-state index in [0.29, 0.717) is 12.1 Å². The lowest BCUT2D eigenvalue weighted by atomic mass is 10.1. The molecule has 0 fully saturated rings. The van der Waals surface area contributed by atoms with Crippen LogP contribution in [0.4, 0.5) is 14.5 Å². The van der Waals surface area contributed by atoms with Crippen LogP contribution in [0.1, 0.15) is 10.4 Å². The number of anilines is 1. The average Bonchev–Trinajstić information content (AvgIpc) is 2.59. The summed E-state index contributed by atoms with van der Waals surface area (Å²) in [6.07, 6.45) is 0. The number of nitrogens with zero attached hydrogens (tertiary/aromatic N) is 1.